The van der Waals surface area contributed by atoms with E-state index in [4.69, 9.17) is 16.8 Å². The van der Waals surface area contributed by atoms with Crippen molar-refractivity contribution in [1.29, 1.82) is 0 Å². The van der Waals surface area contributed by atoms with Gasteiger partial charge < -0.3 is 15.0 Å². The van der Waals surface area contributed by atoms with Crippen molar-refractivity contribution in [1.82, 2.24) is 4.90 Å². The lowest BCUT2D eigenvalue weighted by Gasteiger charge is -2.36. The summed E-state index contributed by atoms with van der Waals surface area (Å²) in [6.07, 6.45) is 0.734. The zero-order chi connectivity index (χ0) is 18.1. The number of benzene rings is 1. The second-order valence-electron chi connectivity index (χ2n) is 6.21. The van der Waals surface area contributed by atoms with Crippen molar-refractivity contribution < 1.29 is 10.0 Å². The number of fused-ring (bicyclic) bond motifs is 1. The van der Waals surface area contributed by atoms with Crippen LogP contribution in [0.1, 0.15) is 21.7 Å². The number of carbonyl (C=O) groups excluding carboxylic acids is 1. The lowest BCUT2D eigenvalue weighted by Crippen LogP contribution is -2.48. The summed E-state index contributed by atoms with van der Waals surface area (Å²) in [5.74, 6) is 0.957. The van der Waals surface area contributed by atoms with Gasteiger partial charge in [-0.25, -0.2) is 0 Å². The van der Waals surface area contributed by atoms with Crippen LogP contribution in [0.25, 0.3) is 0 Å². The Labute approximate surface area is 165 Å². The molecule has 1 aromatic carbocycles. The molecular weight excluding hydrogens is 390 g/mol. The summed E-state index contributed by atoms with van der Waals surface area (Å²) in [6, 6.07) is 9.69. The minimum absolute atomic E-state index is 0.0676. The van der Waals surface area contributed by atoms with Gasteiger partial charge in [-0.1, -0.05) is 16.8 Å². The van der Waals surface area contributed by atoms with E-state index in [2.05, 4.69) is 10.1 Å². The molecule has 26 heavy (non-hydrogen) atoms. The van der Waals surface area contributed by atoms with Gasteiger partial charge in [0.15, 0.2) is 0 Å². The average Bonchev–Trinajstić information content (AvgIpc) is 3.12. The summed E-state index contributed by atoms with van der Waals surface area (Å²) in [5, 5.41) is 13.3. The van der Waals surface area contributed by atoms with Crippen molar-refractivity contribution in [2.24, 2.45) is 5.16 Å². The molecule has 2 aromatic rings. The largest absolute Gasteiger partial charge is 0.411 e. The molecule has 2 aliphatic rings. The lowest BCUT2D eigenvalue weighted by molar-refractivity contribution is 0.0751. The second-order valence-corrected chi connectivity index (χ2v) is 9.06. The molecule has 1 fully saturated rings. The Morgan fingerprint density at radius 1 is 1.15 bits per heavy atom. The number of halogens is 1. The van der Waals surface area contributed by atoms with E-state index >= 15 is 0 Å². The molecule has 0 radical (unpaired) electrons. The van der Waals surface area contributed by atoms with Crippen LogP contribution < -0.4 is 4.90 Å². The second kappa shape index (κ2) is 7.50. The molecule has 0 unspecified atom stereocenters. The van der Waals surface area contributed by atoms with Gasteiger partial charge in [0.25, 0.3) is 5.91 Å². The molecule has 1 aromatic heterocycles. The summed E-state index contributed by atoms with van der Waals surface area (Å²) < 4.78 is 1.08. The normalized spacial score (nSPS) is 18.9. The number of nitrogens with zero attached hydrogens (tertiary/aromatic N) is 3. The smallest absolute Gasteiger partial charge is 0.264 e. The number of rotatable bonds is 2. The molecule has 0 aliphatic carbocycles. The van der Waals surface area contributed by atoms with Gasteiger partial charge in [-0.15, -0.1) is 23.1 Å². The highest BCUT2D eigenvalue weighted by Gasteiger charge is 2.27. The number of thioether (sulfide) groups is 1. The van der Waals surface area contributed by atoms with Gasteiger partial charge in [0, 0.05) is 54.6 Å². The number of piperazine rings is 1. The molecule has 0 atom stereocenters. The first-order valence-corrected chi connectivity index (χ1v) is 10.6. The first-order chi connectivity index (χ1) is 12.7. The Bertz CT molecular complexity index is 843. The highest BCUT2D eigenvalue weighted by molar-refractivity contribution is 8.01. The summed E-state index contributed by atoms with van der Waals surface area (Å²) in [6.45, 7) is 2.99. The molecule has 0 spiro atoms. The van der Waals surface area contributed by atoms with Crippen LogP contribution in [0.5, 0.6) is 0 Å². The number of anilines is 1. The minimum atomic E-state index is 0.0676. The van der Waals surface area contributed by atoms with Crippen LogP contribution in [0, 0.1) is 0 Å². The van der Waals surface area contributed by atoms with Gasteiger partial charge in [0.2, 0.25) is 0 Å². The minimum Gasteiger partial charge on any atom is -0.411 e. The Balaban J connectivity index is 1.44. The average molecular weight is 408 g/mol. The van der Waals surface area contributed by atoms with Crippen molar-refractivity contribution in [3.63, 3.8) is 0 Å². The lowest BCUT2D eigenvalue weighted by atomic mass is 10.1. The van der Waals surface area contributed by atoms with E-state index in [9.17, 15) is 4.79 Å². The Morgan fingerprint density at radius 2 is 1.88 bits per heavy atom. The number of oxime groups is 1. The highest BCUT2D eigenvalue weighted by atomic mass is 35.5. The molecular formula is C18H18ClN3O2S2. The Hall–Kier alpha value is -1.70. The number of hydrogen-bond acceptors (Lipinski definition) is 6. The van der Waals surface area contributed by atoms with Gasteiger partial charge in [0.05, 0.1) is 14.8 Å². The maximum atomic E-state index is 12.9. The standard InChI is InChI=1S/C18H18ClN3O2S2/c19-12-1-3-13(4-2-12)21-6-8-22(9-7-21)17(23)16-11-14-15(20-24)5-10-25-18(14)26-16/h1-4,11,24H,5-10H2. The molecule has 136 valence electrons. The van der Waals surface area contributed by atoms with Crippen molar-refractivity contribution in [2.45, 2.75) is 10.6 Å². The van der Waals surface area contributed by atoms with E-state index < -0.39 is 0 Å². The van der Waals surface area contributed by atoms with E-state index in [1.165, 1.54) is 11.3 Å². The van der Waals surface area contributed by atoms with Crippen molar-refractivity contribution in [2.75, 3.05) is 36.8 Å². The zero-order valence-corrected chi connectivity index (χ0v) is 16.4. The van der Waals surface area contributed by atoms with Crippen LogP contribution in [0.3, 0.4) is 0 Å². The first kappa shape index (κ1) is 17.7. The van der Waals surface area contributed by atoms with Crippen molar-refractivity contribution in [3.05, 3.63) is 45.8 Å². The van der Waals surface area contributed by atoms with Crippen LogP contribution in [0.15, 0.2) is 39.7 Å². The Morgan fingerprint density at radius 3 is 2.58 bits per heavy atom. The fourth-order valence-electron chi connectivity index (χ4n) is 3.24. The van der Waals surface area contributed by atoms with Crippen LogP contribution in [-0.2, 0) is 0 Å². The predicted molar refractivity (Wildman–Crippen MR) is 108 cm³/mol. The predicted octanol–water partition coefficient (Wildman–Crippen LogP) is 4.04. The highest BCUT2D eigenvalue weighted by Crippen LogP contribution is 2.38. The molecule has 5 nitrogen and oxygen atoms in total. The van der Waals surface area contributed by atoms with Gasteiger partial charge in [-0.3, -0.25) is 4.79 Å². The molecule has 2 aliphatic heterocycles. The van der Waals surface area contributed by atoms with Gasteiger partial charge in [0.1, 0.15) is 0 Å². The first-order valence-electron chi connectivity index (χ1n) is 8.43. The summed E-state index contributed by atoms with van der Waals surface area (Å²) in [4.78, 5) is 17.8. The van der Waals surface area contributed by atoms with E-state index in [1.807, 2.05) is 35.2 Å². The van der Waals surface area contributed by atoms with E-state index in [-0.39, 0.29) is 5.91 Å². The Kier molecular flexibility index (Phi) is 5.11. The van der Waals surface area contributed by atoms with Crippen LogP contribution in [-0.4, -0.2) is 53.7 Å². The van der Waals surface area contributed by atoms with E-state index in [1.54, 1.807) is 11.8 Å². The fourth-order valence-corrected chi connectivity index (χ4v) is 5.82. The van der Waals surface area contributed by atoms with Crippen LogP contribution in [0.2, 0.25) is 5.02 Å². The molecule has 4 rings (SSSR count). The molecule has 0 saturated carbocycles. The van der Waals surface area contributed by atoms with Crippen LogP contribution >= 0.6 is 34.7 Å². The molecule has 1 saturated heterocycles. The number of thiophene rings is 1. The van der Waals surface area contributed by atoms with Gasteiger partial charge >= 0.3 is 0 Å². The van der Waals surface area contributed by atoms with E-state index in [0.717, 1.165) is 50.6 Å². The van der Waals surface area contributed by atoms with Crippen LogP contribution in [0.4, 0.5) is 5.69 Å². The number of hydrogen-bond donors (Lipinski definition) is 1. The quantitative estimate of drug-likeness (QED) is 0.603. The fraction of sp³-hybridized carbons (Fsp3) is 0.333. The molecule has 0 bridgehead atoms. The zero-order valence-electron chi connectivity index (χ0n) is 14.0. The summed E-state index contributed by atoms with van der Waals surface area (Å²) >= 11 is 9.19. The maximum Gasteiger partial charge on any atom is 0.264 e. The molecule has 3 heterocycles. The van der Waals surface area contributed by atoms with E-state index in [0.29, 0.717) is 18.8 Å². The van der Waals surface area contributed by atoms with Gasteiger partial charge in [-0.05, 0) is 30.3 Å². The van der Waals surface area contributed by atoms with Gasteiger partial charge in [-0.2, -0.15) is 0 Å². The third kappa shape index (κ3) is 3.43. The number of amides is 1. The number of carbonyl (C=O) groups is 1. The molecule has 1 N–H and O–H groups in total. The van der Waals surface area contributed by atoms with Crippen molar-refractivity contribution in [3.8, 4) is 0 Å². The van der Waals surface area contributed by atoms with Crippen molar-refractivity contribution >= 4 is 52.0 Å². The monoisotopic (exact) mass is 407 g/mol. The third-order valence-corrected chi connectivity index (χ3v) is 7.33. The summed E-state index contributed by atoms with van der Waals surface area (Å²) in [5.41, 5.74) is 2.73. The topological polar surface area (TPSA) is 56.1 Å². The maximum absolute atomic E-state index is 12.9. The summed E-state index contributed by atoms with van der Waals surface area (Å²) in [7, 11) is 0. The third-order valence-electron chi connectivity index (χ3n) is 4.67. The SMILES string of the molecule is O=C(c1cc2c(s1)SCCC2=NO)N1CCN(c2ccc(Cl)cc2)CC1. The molecule has 1 amide bonds. The molecule has 8 heteroatoms.